The summed E-state index contributed by atoms with van der Waals surface area (Å²) >= 11 is -2.08. The van der Waals surface area contributed by atoms with Crippen molar-refractivity contribution in [1.29, 1.82) is 0 Å². The highest BCUT2D eigenvalue weighted by atomic mass is 32.2. The predicted octanol–water partition coefficient (Wildman–Crippen LogP) is 2.92. The van der Waals surface area contributed by atoms with Crippen molar-refractivity contribution in [2.75, 3.05) is 0 Å². The van der Waals surface area contributed by atoms with Crippen molar-refractivity contribution >= 4 is 11.1 Å². The van der Waals surface area contributed by atoms with Crippen LogP contribution in [0, 0.1) is 6.92 Å². The molecule has 0 saturated carbocycles. The van der Waals surface area contributed by atoms with Gasteiger partial charge < -0.3 is 4.55 Å². The maximum Gasteiger partial charge on any atom is 0.0248 e. The fraction of sp³-hybridized carbons (Fsp3) is 0.0769. The molecule has 2 aromatic rings. The third kappa shape index (κ3) is 4.87. The van der Waals surface area contributed by atoms with Crippen molar-refractivity contribution in [3.8, 4) is 0 Å². The lowest BCUT2D eigenvalue weighted by molar-refractivity contribution is 0.537. The first kappa shape index (κ1) is 12.6. The lowest BCUT2D eigenvalue weighted by atomic mass is 10.2. The minimum Gasteiger partial charge on any atom is -0.768 e. The molecule has 0 amide bonds. The van der Waals surface area contributed by atoms with Gasteiger partial charge in [-0.3, -0.25) is 4.21 Å². The van der Waals surface area contributed by atoms with Crippen LogP contribution in [0.4, 0.5) is 0 Å². The zero-order valence-corrected chi connectivity index (χ0v) is 9.81. The summed E-state index contributed by atoms with van der Waals surface area (Å²) in [4.78, 5) is 0.331. The molecule has 84 valence electrons. The largest absolute Gasteiger partial charge is 0.768 e. The van der Waals surface area contributed by atoms with Crippen LogP contribution in [0.1, 0.15) is 5.56 Å². The van der Waals surface area contributed by atoms with E-state index in [-0.39, 0.29) is 0 Å². The van der Waals surface area contributed by atoms with Crippen LogP contribution in [0.25, 0.3) is 0 Å². The van der Waals surface area contributed by atoms with Gasteiger partial charge in [0, 0.05) is 4.90 Å². The quantitative estimate of drug-likeness (QED) is 0.710. The maximum atomic E-state index is 10.2. The normalized spacial score (nSPS) is 11.1. The molecule has 0 aliphatic heterocycles. The Hall–Kier alpha value is -1.45. The van der Waals surface area contributed by atoms with E-state index in [0.717, 1.165) is 0 Å². The van der Waals surface area contributed by atoms with Gasteiger partial charge in [-0.05, 0) is 30.1 Å². The minimum atomic E-state index is -2.08. The van der Waals surface area contributed by atoms with Gasteiger partial charge >= 0.3 is 0 Å². The summed E-state index contributed by atoms with van der Waals surface area (Å²) in [6.07, 6.45) is 0. The second-order valence-corrected chi connectivity index (χ2v) is 4.14. The van der Waals surface area contributed by atoms with Crippen LogP contribution in [-0.4, -0.2) is 8.76 Å². The highest BCUT2D eigenvalue weighted by Gasteiger charge is 1.84. The molecule has 0 heterocycles. The molecule has 1 atom stereocenters. The monoisotopic (exact) mass is 233 g/mol. The first-order valence-corrected chi connectivity index (χ1v) is 5.93. The van der Waals surface area contributed by atoms with Gasteiger partial charge in [0.15, 0.2) is 0 Å². The van der Waals surface area contributed by atoms with Crippen LogP contribution in [0.5, 0.6) is 0 Å². The first-order chi connectivity index (χ1) is 7.70. The Morgan fingerprint density at radius 2 is 1.31 bits per heavy atom. The van der Waals surface area contributed by atoms with Gasteiger partial charge in [0.2, 0.25) is 0 Å². The Kier molecular flexibility index (Phi) is 5.46. The van der Waals surface area contributed by atoms with E-state index in [1.807, 2.05) is 18.2 Å². The summed E-state index contributed by atoms with van der Waals surface area (Å²) in [6.45, 7) is 2.08. The summed E-state index contributed by atoms with van der Waals surface area (Å²) in [5.41, 5.74) is 1.32. The van der Waals surface area contributed by atoms with E-state index >= 15 is 0 Å². The average molecular weight is 233 g/mol. The molecular weight excluding hydrogens is 220 g/mol. The zero-order valence-electron chi connectivity index (χ0n) is 9.00. The summed E-state index contributed by atoms with van der Waals surface area (Å²) in [7, 11) is 0. The first-order valence-electron chi connectivity index (χ1n) is 4.86. The molecule has 0 fully saturated rings. The van der Waals surface area contributed by atoms with Gasteiger partial charge in [0.05, 0.1) is 0 Å². The van der Waals surface area contributed by atoms with E-state index in [0.29, 0.717) is 4.90 Å². The minimum absolute atomic E-state index is 0.331. The maximum absolute atomic E-state index is 10.2. The summed E-state index contributed by atoms with van der Waals surface area (Å²) in [5.74, 6) is 0. The Bertz CT molecular complexity index is 426. The molecule has 2 aromatic carbocycles. The molecule has 3 heteroatoms. The van der Waals surface area contributed by atoms with Gasteiger partial charge in [-0.25, -0.2) is 0 Å². The van der Waals surface area contributed by atoms with E-state index in [9.17, 15) is 8.76 Å². The number of aryl methyl sites for hydroxylation is 1. The molecular formula is C13H13O2S-. The highest BCUT2D eigenvalue weighted by Crippen LogP contribution is 2.00. The molecule has 0 aliphatic rings. The number of hydrogen-bond acceptors (Lipinski definition) is 2. The van der Waals surface area contributed by atoms with Crippen LogP contribution < -0.4 is 0 Å². The molecule has 0 N–H and O–H groups in total. The lowest BCUT2D eigenvalue weighted by Gasteiger charge is -2.01. The molecule has 2 nitrogen and oxygen atoms in total. The Morgan fingerprint density at radius 1 is 0.875 bits per heavy atom. The van der Waals surface area contributed by atoms with Crippen LogP contribution in [0.15, 0.2) is 65.6 Å². The fourth-order valence-electron chi connectivity index (χ4n) is 1.07. The van der Waals surface area contributed by atoms with E-state index in [1.54, 1.807) is 30.3 Å². The second kappa shape index (κ2) is 6.93. The molecule has 1 unspecified atom stereocenters. The number of rotatable bonds is 1. The summed E-state index contributed by atoms with van der Waals surface area (Å²) in [5, 5.41) is 0. The molecule has 0 spiro atoms. The van der Waals surface area contributed by atoms with Crippen molar-refractivity contribution in [3.63, 3.8) is 0 Å². The molecule has 0 aliphatic carbocycles. The van der Waals surface area contributed by atoms with Gasteiger partial charge in [-0.2, -0.15) is 0 Å². The lowest BCUT2D eigenvalue weighted by Crippen LogP contribution is -1.85. The van der Waals surface area contributed by atoms with E-state index < -0.39 is 11.1 Å². The average Bonchev–Trinajstić information content (AvgIpc) is 2.32. The third-order valence-corrected chi connectivity index (χ3v) is 2.53. The molecule has 16 heavy (non-hydrogen) atoms. The molecule has 0 bridgehead atoms. The van der Waals surface area contributed by atoms with Crippen molar-refractivity contribution in [2.24, 2.45) is 0 Å². The van der Waals surface area contributed by atoms with E-state index in [1.165, 1.54) is 5.56 Å². The van der Waals surface area contributed by atoms with E-state index in [4.69, 9.17) is 0 Å². The van der Waals surface area contributed by atoms with E-state index in [2.05, 4.69) is 19.1 Å². The van der Waals surface area contributed by atoms with Crippen molar-refractivity contribution < 1.29 is 8.76 Å². The molecule has 0 aromatic heterocycles. The molecule has 2 rings (SSSR count). The number of hydrogen-bond donors (Lipinski definition) is 0. The predicted molar refractivity (Wildman–Crippen MR) is 64.8 cm³/mol. The summed E-state index contributed by atoms with van der Waals surface area (Å²) in [6, 6.07) is 18.5. The van der Waals surface area contributed by atoms with Crippen molar-refractivity contribution in [3.05, 3.63) is 66.2 Å². The summed E-state index contributed by atoms with van der Waals surface area (Å²) < 4.78 is 20.4. The van der Waals surface area contributed by atoms with Crippen LogP contribution in [0.2, 0.25) is 0 Å². The van der Waals surface area contributed by atoms with Crippen LogP contribution in [0.3, 0.4) is 0 Å². The second-order valence-electron chi connectivity index (χ2n) is 3.20. The van der Waals surface area contributed by atoms with Gasteiger partial charge in [-0.1, -0.05) is 54.1 Å². The Labute approximate surface area is 98.2 Å². The standard InChI is InChI=1S/C7H8.C6H6O2S/c1-7-5-3-2-4-6-7;7-9(8)6-4-2-1-3-5-6/h2-6H,1H3;1-5H,(H,7,8)/p-1. The fourth-order valence-corrected chi connectivity index (χ4v) is 1.45. The Balaban J connectivity index is 0.000000165. The van der Waals surface area contributed by atoms with Crippen LogP contribution >= 0.6 is 0 Å². The smallest absolute Gasteiger partial charge is 0.0248 e. The van der Waals surface area contributed by atoms with Crippen molar-refractivity contribution in [2.45, 2.75) is 11.8 Å². The SMILES string of the molecule is Cc1ccccc1.O=S([O-])c1ccccc1. The number of benzene rings is 2. The Morgan fingerprint density at radius 3 is 1.56 bits per heavy atom. The van der Waals surface area contributed by atoms with Crippen LogP contribution in [-0.2, 0) is 11.1 Å². The molecule has 0 saturated heterocycles. The van der Waals surface area contributed by atoms with Gasteiger partial charge in [0.25, 0.3) is 0 Å². The van der Waals surface area contributed by atoms with Gasteiger partial charge in [-0.15, -0.1) is 0 Å². The molecule has 0 radical (unpaired) electrons. The topological polar surface area (TPSA) is 40.1 Å². The third-order valence-electron chi connectivity index (χ3n) is 1.88. The zero-order chi connectivity index (χ0) is 11.8. The van der Waals surface area contributed by atoms with Crippen molar-refractivity contribution in [1.82, 2.24) is 0 Å². The highest BCUT2D eigenvalue weighted by molar-refractivity contribution is 7.79. The van der Waals surface area contributed by atoms with Gasteiger partial charge in [0.1, 0.15) is 0 Å².